The first-order valence-electron chi connectivity index (χ1n) is 15.9. The number of phenolic OH excluding ortho intramolecular Hbond substituents is 1. The Hall–Kier alpha value is -3.73. The maximum Gasteiger partial charge on any atom is 0.324 e. The fourth-order valence-corrected chi connectivity index (χ4v) is 7.39. The van der Waals surface area contributed by atoms with E-state index in [2.05, 4.69) is 69.9 Å². The first kappa shape index (κ1) is 32.2. The van der Waals surface area contributed by atoms with Crippen molar-refractivity contribution >= 4 is 38.7 Å². The Morgan fingerprint density at radius 2 is 1.98 bits per heavy atom. The number of aromatic hydroxyl groups is 1. The number of alkyl halides is 1. The highest BCUT2D eigenvalue weighted by atomic mass is 79.9. The Labute approximate surface area is 278 Å². The van der Waals surface area contributed by atoms with E-state index in [4.69, 9.17) is 9.47 Å². The zero-order valence-corrected chi connectivity index (χ0v) is 28.4. The summed E-state index contributed by atoms with van der Waals surface area (Å²) in [6.45, 7) is 8.27. The molecule has 0 aliphatic carbocycles. The van der Waals surface area contributed by atoms with E-state index >= 15 is 0 Å². The Morgan fingerprint density at radius 3 is 2.76 bits per heavy atom. The van der Waals surface area contributed by atoms with Crippen LogP contribution < -0.4 is 5.43 Å². The minimum absolute atomic E-state index is 0.140. The largest absolute Gasteiger partial charge is 0.508 e. The second-order valence-corrected chi connectivity index (χ2v) is 14.2. The van der Waals surface area contributed by atoms with E-state index in [1.165, 1.54) is 5.01 Å². The Morgan fingerprint density at radius 1 is 1.15 bits per heavy atom. The van der Waals surface area contributed by atoms with E-state index in [1.54, 1.807) is 25.4 Å². The number of nitrogens with one attached hydrogen (secondary N) is 1. The van der Waals surface area contributed by atoms with E-state index in [0.29, 0.717) is 38.8 Å². The van der Waals surface area contributed by atoms with Crippen LogP contribution in [-0.4, -0.2) is 62.7 Å². The number of hydrogen-bond donors (Lipinski definition) is 2. The molecule has 4 heterocycles. The average molecular weight is 690 g/mol. The van der Waals surface area contributed by atoms with Crippen LogP contribution in [0.3, 0.4) is 0 Å². The molecule has 0 saturated carbocycles. The van der Waals surface area contributed by atoms with Crippen molar-refractivity contribution in [3.8, 4) is 28.1 Å². The smallest absolute Gasteiger partial charge is 0.324 e. The molecule has 6 rings (SSSR count). The molecule has 10 heteroatoms. The number of fused-ring (bicyclic) bond motifs is 6. The van der Waals surface area contributed by atoms with Crippen molar-refractivity contribution < 1.29 is 24.2 Å². The van der Waals surface area contributed by atoms with E-state index in [-0.39, 0.29) is 24.2 Å². The van der Waals surface area contributed by atoms with Gasteiger partial charge in [0.05, 0.1) is 23.7 Å². The highest BCUT2D eigenvalue weighted by molar-refractivity contribution is 9.10. The third-order valence-electron chi connectivity index (χ3n) is 8.94. The predicted molar refractivity (Wildman–Crippen MR) is 181 cm³/mol. The van der Waals surface area contributed by atoms with Crippen LogP contribution in [0.2, 0.25) is 0 Å². The van der Waals surface area contributed by atoms with Crippen LogP contribution in [0.4, 0.5) is 0 Å². The van der Waals surface area contributed by atoms with Crippen molar-refractivity contribution in [2.24, 2.45) is 5.41 Å². The van der Waals surface area contributed by atoms with Gasteiger partial charge in [0.2, 0.25) is 0 Å². The summed E-state index contributed by atoms with van der Waals surface area (Å²) < 4.78 is 13.9. The van der Waals surface area contributed by atoms with Gasteiger partial charge < -0.3 is 19.1 Å². The molecular formula is C36H41BrN4O5. The van der Waals surface area contributed by atoms with Gasteiger partial charge in [-0.05, 0) is 90.8 Å². The van der Waals surface area contributed by atoms with E-state index in [9.17, 15) is 14.7 Å². The number of halogens is 1. The summed E-state index contributed by atoms with van der Waals surface area (Å²) in [4.78, 5) is 30.7. The lowest BCUT2D eigenvalue weighted by Gasteiger charge is -2.34. The summed E-state index contributed by atoms with van der Waals surface area (Å²) in [6, 6.07) is 13.3. The van der Waals surface area contributed by atoms with Gasteiger partial charge in [0.25, 0.3) is 5.91 Å². The van der Waals surface area contributed by atoms with Gasteiger partial charge in [-0.15, -0.1) is 0 Å². The zero-order chi connectivity index (χ0) is 32.6. The second kappa shape index (κ2) is 13.2. The van der Waals surface area contributed by atoms with Crippen molar-refractivity contribution in [3.05, 3.63) is 71.5 Å². The number of hydrogen-bond acceptors (Lipinski definition) is 7. The molecule has 2 aliphatic heterocycles. The number of carbonyl (C=O) groups is 2. The molecule has 6 bridgehead atoms. The lowest BCUT2D eigenvalue weighted by molar-refractivity contribution is -0.154. The normalized spacial score (nSPS) is 20.4. The first-order valence-corrected chi connectivity index (χ1v) is 16.8. The number of methoxy groups -OCH3 is 1. The topological polar surface area (TPSA) is 106 Å². The number of amides is 1. The Kier molecular flexibility index (Phi) is 9.23. The first-order chi connectivity index (χ1) is 22.1. The minimum atomic E-state index is -0.605. The van der Waals surface area contributed by atoms with Crippen LogP contribution in [0, 0.1) is 5.41 Å². The predicted octanol–water partition coefficient (Wildman–Crippen LogP) is 6.17. The molecule has 1 saturated heterocycles. The molecule has 1 amide bonds. The number of phenols is 1. The zero-order valence-electron chi connectivity index (χ0n) is 26.8. The maximum atomic E-state index is 13.4. The molecule has 2 aromatic heterocycles. The fourth-order valence-electron chi connectivity index (χ4n) is 6.77. The molecule has 0 radical (unpaired) electrons. The van der Waals surface area contributed by atoms with Crippen LogP contribution in [-0.2, 0) is 45.1 Å². The highest BCUT2D eigenvalue weighted by Crippen LogP contribution is 2.41. The third kappa shape index (κ3) is 6.43. The summed E-state index contributed by atoms with van der Waals surface area (Å²) in [5, 5.41) is 13.4. The molecule has 2 aliphatic rings. The highest BCUT2D eigenvalue weighted by Gasteiger charge is 2.34. The molecule has 242 valence electrons. The van der Waals surface area contributed by atoms with E-state index in [1.807, 2.05) is 18.3 Å². The van der Waals surface area contributed by atoms with Gasteiger partial charge in [0.1, 0.15) is 11.8 Å². The number of rotatable bonds is 4. The lowest BCUT2D eigenvalue weighted by Crippen LogP contribution is -2.57. The molecule has 9 nitrogen and oxygen atoms in total. The molecular weight excluding hydrogens is 648 g/mol. The molecule has 0 unspecified atom stereocenters. The fraction of sp³-hybridized carbons (Fsp3) is 0.417. The lowest BCUT2D eigenvalue weighted by atomic mass is 9.84. The number of esters is 1. The van der Waals surface area contributed by atoms with Crippen molar-refractivity contribution in [2.45, 2.75) is 70.5 Å². The third-order valence-corrected chi connectivity index (χ3v) is 9.66. The second-order valence-electron chi connectivity index (χ2n) is 13.1. The van der Waals surface area contributed by atoms with Crippen LogP contribution in [0.25, 0.3) is 33.3 Å². The summed E-state index contributed by atoms with van der Waals surface area (Å²) in [5.41, 5.74) is 10.7. The summed E-state index contributed by atoms with van der Waals surface area (Å²) in [5.74, 6) is -0.379. The van der Waals surface area contributed by atoms with Gasteiger partial charge in [-0.3, -0.25) is 19.6 Å². The van der Waals surface area contributed by atoms with Gasteiger partial charge in [-0.2, -0.15) is 0 Å². The molecule has 0 spiro atoms. The number of aryl methyl sites for hydroxylation is 1. The van der Waals surface area contributed by atoms with Crippen LogP contribution in [0.1, 0.15) is 50.3 Å². The van der Waals surface area contributed by atoms with Gasteiger partial charge in [0.15, 0.2) is 0 Å². The van der Waals surface area contributed by atoms with Gasteiger partial charge >= 0.3 is 5.97 Å². The number of nitrogens with zero attached hydrogens (tertiary/aromatic N) is 3. The van der Waals surface area contributed by atoms with Gasteiger partial charge in [-0.1, -0.05) is 41.9 Å². The van der Waals surface area contributed by atoms with Gasteiger partial charge in [-0.25, -0.2) is 5.43 Å². The molecule has 2 aromatic carbocycles. The number of pyridine rings is 1. The van der Waals surface area contributed by atoms with Crippen LogP contribution >= 0.6 is 15.9 Å². The minimum Gasteiger partial charge on any atom is -0.508 e. The SMILES string of the molecule is CCn1c(-c2cnccc2COC)c2c3cc(ccc31)-c1cc(O)cc(c1)C[C@H](Br)C(=O)N1CCC[C@H](N1)C(=O)OCC(C)(C)C2. The number of hydrazine groups is 1. The van der Waals surface area contributed by atoms with Crippen molar-refractivity contribution in [2.75, 3.05) is 20.3 Å². The number of benzene rings is 2. The standard InChI is InChI=1S/C36H41BrN4O5/c1-5-40-32-9-8-23-17-27(32)28(33(40)29-19-38-11-10-24(29)20-45-4)18-36(2,3)21-46-35(44)31-7-6-12-41(39-31)34(43)30(37)15-22-13-25(23)16-26(42)14-22/h8-11,13-14,16-17,19,30-31,39,42H,5-7,12,15,18,20-21H2,1-4H3/t30-,31-/m0/s1. The average Bonchev–Trinajstić information content (AvgIpc) is 3.34. The van der Waals surface area contributed by atoms with Gasteiger partial charge in [0, 0.05) is 54.5 Å². The van der Waals surface area contributed by atoms with Crippen molar-refractivity contribution in [3.63, 3.8) is 0 Å². The van der Waals surface area contributed by atoms with Crippen molar-refractivity contribution in [1.82, 2.24) is 20.0 Å². The Bertz CT molecular complexity index is 1780. The number of aromatic nitrogens is 2. The summed E-state index contributed by atoms with van der Waals surface area (Å²) in [7, 11) is 1.70. The Balaban J connectivity index is 1.55. The molecule has 4 aromatic rings. The maximum absolute atomic E-state index is 13.4. The quantitative estimate of drug-likeness (QED) is 0.195. The van der Waals surface area contributed by atoms with Crippen LogP contribution in [0.5, 0.6) is 5.75 Å². The summed E-state index contributed by atoms with van der Waals surface area (Å²) in [6.07, 6.45) is 5.97. The number of cyclic esters (lactones) is 1. The van der Waals surface area contributed by atoms with E-state index in [0.717, 1.165) is 56.5 Å². The molecule has 46 heavy (non-hydrogen) atoms. The van der Waals surface area contributed by atoms with Crippen LogP contribution in [0.15, 0.2) is 54.9 Å². The van der Waals surface area contributed by atoms with Crippen molar-refractivity contribution in [1.29, 1.82) is 0 Å². The molecule has 1 fully saturated rings. The molecule has 2 atom stereocenters. The number of ether oxygens (including phenoxy) is 2. The summed E-state index contributed by atoms with van der Waals surface area (Å²) >= 11 is 3.59. The monoisotopic (exact) mass is 688 g/mol. The molecule has 2 N–H and O–H groups in total. The number of carbonyl (C=O) groups excluding carboxylic acids is 2. The van der Waals surface area contributed by atoms with E-state index < -0.39 is 16.3 Å².